The smallest absolute Gasteiger partial charge is 0.167 e. The average molecular weight is 529 g/mol. The van der Waals surface area contributed by atoms with E-state index in [4.69, 9.17) is 32.3 Å². The van der Waals surface area contributed by atoms with Gasteiger partial charge in [0.1, 0.15) is 22.3 Å². The van der Waals surface area contributed by atoms with Crippen LogP contribution >= 0.6 is 11.6 Å². The Bertz CT molecular complexity index is 2460. The van der Waals surface area contributed by atoms with Crippen LogP contribution < -0.4 is 0 Å². The van der Waals surface area contributed by atoms with Gasteiger partial charge in [-0.1, -0.05) is 78.2 Å². The quantitative estimate of drug-likeness (QED) is 0.228. The highest BCUT2D eigenvalue weighted by molar-refractivity contribution is 6.31. The number of hydrogen-bond donors (Lipinski definition) is 0. The molecule has 0 radical (unpaired) electrons. The molecule has 0 spiro atoms. The Kier molecular flexibility index (Phi) is 3.82. The number of nitrogens with zero attached hydrogens (tertiary/aromatic N) is 3. The first-order chi connectivity index (χ1) is 21.3. The Morgan fingerprint density at radius 1 is 0.564 bits per heavy atom. The summed E-state index contributed by atoms with van der Waals surface area (Å²) in [7, 11) is 0. The predicted octanol–water partition coefficient (Wildman–Crippen LogP) is 9.32. The third-order valence-corrected chi connectivity index (χ3v) is 6.93. The second-order valence-corrected chi connectivity index (χ2v) is 9.48. The predicted molar refractivity (Wildman–Crippen MR) is 156 cm³/mol. The van der Waals surface area contributed by atoms with Gasteiger partial charge >= 0.3 is 0 Å². The van der Waals surface area contributed by atoms with E-state index in [-0.39, 0.29) is 23.0 Å². The second-order valence-electron chi connectivity index (χ2n) is 9.04. The van der Waals surface area contributed by atoms with E-state index in [1.54, 1.807) is 18.2 Å². The molecule has 3 heterocycles. The molecular formula is C33H18ClN3O2. The van der Waals surface area contributed by atoms with Gasteiger partial charge in [-0.05, 0) is 36.4 Å². The highest BCUT2D eigenvalue weighted by Gasteiger charge is 2.18. The van der Waals surface area contributed by atoms with Crippen LogP contribution in [0.15, 0.2) is 118 Å². The molecule has 39 heavy (non-hydrogen) atoms. The molecule has 0 saturated carbocycles. The molecule has 8 aromatic rings. The Balaban J connectivity index is 1.41. The van der Waals surface area contributed by atoms with Crippen LogP contribution in [0.5, 0.6) is 0 Å². The number of rotatable bonds is 3. The van der Waals surface area contributed by atoms with Gasteiger partial charge in [-0.15, -0.1) is 0 Å². The van der Waals surface area contributed by atoms with Crippen molar-refractivity contribution < 1.29 is 15.7 Å². The van der Waals surface area contributed by atoms with Crippen LogP contribution in [0.2, 0.25) is 5.02 Å². The molecule has 0 bridgehead atoms. The Morgan fingerprint density at radius 3 is 2.13 bits per heavy atom. The second kappa shape index (κ2) is 8.51. The first kappa shape index (κ1) is 17.5. The molecular weight excluding hydrogens is 506 g/mol. The van der Waals surface area contributed by atoms with Gasteiger partial charge in [0.2, 0.25) is 0 Å². The van der Waals surface area contributed by atoms with Gasteiger partial charge in [-0.3, -0.25) is 0 Å². The SMILES string of the molecule is [2H]c1c([2H])c([2H])c(-c2nc(-c3ccc4c(c3)oc3cc(Cl)ccc34)nc(-c3cccc4c3oc3ccccc34)n2)c([2H])c1[2H]. The number of benzene rings is 5. The van der Waals surface area contributed by atoms with Gasteiger partial charge in [0.05, 0.1) is 12.4 Å². The van der Waals surface area contributed by atoms with Gasteiger partial charge in [0.15, 0.2) is 17.5 Å². The summed E-state index contributed by atoms with van der Waals surface area (Å²) in [4.78, 5) is 14.1. The molecule has 0 N–H and O–H groups in total. The van der Waals surface area contributed by atoms with Crippen molar-refractivity contribution in [2.45, 2.75) is 0 Å². The molecule has 0 aliphatic carbocycles. The summed E-state index contributed by atoms with van der Waals surface area (Å²) in [6.45, 7) is 0. The zero-order valence-corrected chi connectivity index (χ0v) is 20.8. The number of aromatic nitrogens is 3. The lowest BCUT2D eigenvalue weighted by atomic mass is 10.1. The fourth-order valence-corrected chi connectivity index (χ4v) is 5.07. The van der Waals surface area contributed by atoms with Crippen LogP contribution in [0.3, 0.4) is 0 Å². The molecule has 0 unspecified atom stereocenters. The van der Waals surface area contributed by atoms with Crippen LogP contribution in [0, 0.1) is 0 Å². The molecule has 0 saturated heterocycles. The summed E-state index contributed by atoms with van der Waals surface area (Å²) in [6.07, 6.45) is 0. The van der Waals surface area contributed by atoms with E-state index in [9.17, 15) is 0 Å². The molecule has 0 aliphatic rings. The third kappa shape index (κ3) is 3.59. The zero-order chi connectivity index (χ0) is 30.3. The monoisotopic (exact) mass is 528 g/mol. The molecule has 3 aromatic heterocycles. The van der Waals surface area contributed by atoms with E-state index in [0.29, 0.717) is 38.5 Å². The largest absolute Gasteiger partial charge is 0.456 e. The molecule has 5 nitrogen and oxygen atoms in total. The number of furan rings is 2. The fraction of sp³-hybridized carbons (Fsp3) is 0. The van der Waals surface area contributed by atoms with Crippen LogP contribution in [0.4, 0.5) is 0 Å². The minimum atomic E-state index is -0.499. The van der Waals surface area contributed by atoms with Crippen molar-refractivity contribution in [1.29, 1.82) is 0 Å². The van der Waals surface area contributed by atoms with Crippen molar-refractivity contribution in [3.05, 3.63) is 114 Å². The van der Waals surface area contributed by atoms with E-state index in [1.165, 1.54) is 0 Å². The molecule has 8 rings (SSSR count). The molecule has 184 valence electrons. The molecule has 0 fully saturated rings. The first-order valence-corrected chi connectivity index (χ1v) is 12.5. The van der Waals surface area contributed by atoms with Crippen molar-refractivity contribution in [3.63, 3.8) is 0 Å². The lowest BCUT2D eigenvalue weighted by Crippen LogP contribution is -2.00. The minimum absolute atomic E-state index is 0.0633. The highest BCUT2D eigenvalue weighted by Crippen LogP contribution is 2.37. The van der Waals surface area contributed by atoms with Gasteiger partial charge in [0, 0.05) is 43.8 Å². The Labute approximate surface area is 234 Å². The molecule has 0 aliphatic heterocycles. The number of hydrogen-bond acceptors (Lipinski definition) is 5. The standard InChI is InChI=1S/C33H18ClN3O2/c34-21-14-16-24-23-15-13-20(17-28(23)38-29(24)18-21)32-35-31(19-7-2-1-3-8-19)36-33(37-32)26-11-6-10-25-22-9-4-5-12-27(22)39-30(25)26/h1-18H/i1D,2D,3D,7D,8D. The minimum Gasteiger partial charge on any atom is -0.456 e. The van der Waals surface area contributed by atoms with Crippen LogP contribution in [-0.4, -0.2) is 15.0 Å². The molecule has 6 heteroatoms. The molecule has 5 aromatic carbocycles. The lowest BCUT2D eigenvalue weighted by molar-refractivity contribution is 0.668. The fourth-order valence-electron chi connectivity index (χ4n) is 4.91. The summed E-state index contributed by atoms with van der Waals surface area (Å²) in [5.74, 6) is 0.384. The van der Waals surface area contributed by atoms with E-state index in [0.717, 1.165) is 21.5 Å². The maximum atomic E-state index is 8.60. The first-order valence-electron chi connectivity index (χ1n) is 14.6. The summed E-state index contributed by atoms with van der Waals surface area (Å²) < 4.78 is 54.1. The van der Waals surface area contributed by atoms with E-state index in [2.05, 4.69) is 9.97 Å². The lowest BCUT2D eigenvalue weighted by Gasteiger charge is -2.08. The summed E-state index contributed by atoms with van der Waals surface area (Å²) in [5, 5.41) is 4.14. The molecule has 0 atom stereocenters. The third-order valence-electron chi connectivity index (χ3n) is 6.70. The number of fused-ring (bicyclic) bond motifs is 6. The summed E-state index contributed by atoms with van der Waals surface area (Å²) in [5.41, 5.74) is 3.50. The van der Waals surface area contributed by atoms with Gasteiger partial charge in [-0.2, -0.15) is 0 Å². The van der Waals surface area contributed by atoms with Crippen LogP contribution in [-0.2, 0) is 0 Å². The van der Waals surface area contributed by atoms with Gasteiger partial charge < -0.3 is 8.83 Å². The number of halogens is 1. The van der Waals surface area contributed by atoms with Crippen molar-refractivity contribution in [1.82, 2.24) is 15.0 Å². The topological polar surface area (TPSA) is 65.0 Å². The Hall–Kier alpha value is -5.00. The van der Waals surface area contributed by atoms with Crippen molar-refractivity contribution in [2.24, 2.45) is 0 Å². The van der Waals surface area contributed by atoms with Gasteiger partial charge in [-0.25, -0.2) is 15.0 Å². The normalized spacial score (nSPS) is 13.5. The van der Waals surface area contributed by atoms with E-state index < -0.39 is 30.2 Å². The highest BCUT2D eigenvalue weighted by atomic mass is 35.5. The molecule has 0 amide bonds. The number of para-hydroxylation sites is 2. The van der Waals surface area contributed by atoms with E-state index >= 15 is 0 Å². The average Bonchev–Trinajstić information content (AvgIpc) is 3.60. The summed E-state index contributed by atoms with van der Waals surface area (Å²) in [6, 6.07) is 22.0. The zero-order valence-electron chi connectivity index (χ0n) is 25.0. The maximum absolute atomic E-state index is 8.60. The van der Waals surface area contributed by atoms with Crippen LogP contribution in [0.25, 0.3) is 78.0 Å². The van der Waals surface area contributed by atoms with Crippen molar-refractivity contribution >= 4 is 55.5 Å². The van der Waals surface area contributed by atoms with Gasteiger partial charge in [0.25, 0.3) is 0 Å². The Morgan fingerprint density at radius 2 is 1.26 bits per heavy atom. The van der Waals surface area contributed by atoms with E-state index in [1.807, 2.05) is 60.7 Å². The van der Waals surface area contributed by atoms with Crippen molar-refractivity contribution in [2.75, 3.05) is 0 Å². The van der Waals surface area contributed by atoms with Crippen LogP contribution in [0.1, 0.15) is 6.85 Å². The maximum Gasteiger partial charge on any atom is 0.167 e. The van der Waals surface area contributed by atoms with Crippen molar-refractivity contribution in [3.8, 4) is 34.2 Å². The summed E-state index contributed by atoms with van der Waals surface area (Å²) >= 11 is 6.19.